The zero-order valence-electron chi connectivity index (χ0n) is 19.3. The molecule has 2 fully saturated rings. The number of carboxylic acids is 1. The second-order valence-corrected chi connectivity index (χ2v) is 9.13. The van der Waals surface area contributed by atoms with E-state index in [1.807, 2.05) is 31.2 Å². The molecule has 2 aromatic rings. The summed E-state index contributed by atoms with van der Waals surface area (Å²) in [5, 5.41) is 12.5. The van der Waals surface area contributed by atoms with Gasteiger partial charge in [0.15, 0.2) is 0 Å². The van der Waals surface area contributed by atoms with Crippen molar-refractivity contribution in [3.05, 3.63) is 35.7 Å². The number of carbonyl (C=O) groups is 2. The van der Waals surface area contributed by atoms with Crippen LogP contribution in [0.4, 0.5) is 0 Å². The summed E-state index contributed by atoms with van der Waals surface area (Å²) in [6, 6.07) is 7.53. The Hall–Kier alpha value is -2.87. The predicted octanol–water partition coefficient (Wildman–Crippen LogP) is 4.25. The van der Waals surface area contributed by atoms with Crippen molar-refractivity contribution in [2.24, 2.45) is 5.92 Å². The van der Waals surface area contributed by atoms with Gasteiger partial charge in [0.1, 0.15) is 22.7 Å². The highest BCUT2D eigenvalue weighted by Crippen LogP contribution is 2.33. The summed E-state index contributed by atoms with van der Waals surface area (Å²) in [4.78, 5) is 29.3. The Bertz CT molecular complexity index is 995. The van der Waals surface area contributed by atoms with E-state index in [2.05, 4.69) is 10.3 Å². The molecular formula is C25H32N2O6. The number of nitrogens with zero attached hydrogens (tertiary/aromatic N) is 1. The van der Waals surface area contributed by atoms with Gasteiger partial charge in [-0.15, -0.1) is 0 Å². The Morgan fingerprint density at radius 1 is 1.24 bits per heavy atom. The standard InChI is InChI=1S/C25H32N2O6/c1-16-21(26-23(33-16)18-8-6-9-19(14-18)31-2)15-32-20-10-5-7-17(13-20)22(28)27-25(24(29)30)11-3-4-12-25/h6,8-9,14,17,20H,3-5,7,10-13,15H2,1-2H3,(H,27,28)(H,29,30). The van der Waals surface area contributed by atoms with Gasteiger partial charge in [-0.1, -0.05) is 25.3 Å². The van der Waals surface area contributed by atoms with Crippen LogP contribution in [0.2, 0.25) is 0 Å². The molecule has 2 atom stereocenters. The predicted molar refractivity (Wildman–Crippen MR) is 121 cm³/mol. The lowest BCUT2D eigenvalue weighted by molar-refractivity contribution is -0.148. The average Bonchev–Trinajstić information content (AvgIpc) is 3.45. The summed E-state index contributed by atoms with van der Waals surface area (Å²) in [6.07, 6.45) is 5.67. The quantitative estimate of drug-likeness (QED) is 0.611. The third-order valence-corrected chi connectivity index (χ3v) is 6.89. The number of nitrogens with one attached hydrogen (secondary N) is 1. The number of aryl methyl sites for hydroxylation is 1. The number of aliphatic carboxylic acids is 1. The van der Waals surface area contributed by atoms with Crippen LogP contribution in [0.15, 0.2) is 28.7 Å². The zero-order valence-corrected chi connectivity index (χ0v) is 19.3. The molecule has 1 aromatic heterocycles. The van der Waals surface area contributed by atoms with Crippen LogP contribution in [0.1, 0.15) is 62.8 Å². The second kappa shape index (κ2) is 9.95. The molecule has 0 aliphatic heterocycles. The van der Waals surface area contributed by atoms with E-state index in [0.717, 1.165) is 49.1 Å². The van der Waals surface area contributed by atoms with Crippen molar-refractivity contribution in [3.8, 4) is 17.2 Å². The molecule has 178 valence electrons. The van der Waals surface area contributed by atoms with E-state index in [1.165, 1.54) is 0 Å². The number of benzene rings is 1. The molecule has 1 heterocycles. The molecule has 2 unspecified atom stereocenters. The highest BCUT2D eigenvalue weighted by atomic mass is 16.5. The van der Waals surface area contributed by atoms with E-state index in [-0.39, 0.29) is 17.9 Å². The number of oxazole rings is 1. The smallest absolute Gasteiger partial charge is 0.329 e. The van der Waals surface area contributed by atoms with Crippen LogP contribution in [-0.2, 0) is 20.9 Å². The largest absolute Gasteiger partial charge is 0.497 e. The maximum atomic E-state index is 12.9. The van der Waals surface area contributed by atoms with Crippen LogP contribution >= 0.6 is 0 Å². The summed E-state index contributed by atoms with van der Waals surface area (Å²) in [5.41, 5.74) is 0.465. The van der Waals surface area contributed by atoms with Crippen LogP contribution in [0, 0.1) is 12.8 Å². The highest BCUT2D eigenvalue weighted by molar-refractivity contribution is 5.88. The Balaban J connectivity index is 1.35. The van der Waals surface area contributed by atoms with Crippen molar-refractivity contribution in [3.63, 3.8) is 0 Å². The minimum Gasteiger partial charge on any atom is -0.497 e. The van der Waals surface area contributed by atoms with Gasteiger partial charge in [0, 0.05) is 11.5 Å². The third kappa shape index (κ3) is 5.21. The minimum absolute atomic E-state index is 0.0739. The summed E-state index contributed by atoms with van der Waals surface area (Å²) in [6.45, 7) is 2.16. The van der Waals surface area contributed by atoms with Gasteiger partial charge in [-0.3, -0.25) is 4.79 Å². The molecule has 8 nitrogen and oxygen atoms in total. The van der Waals surface area contributed by atoms with Crippen molar-refractivity contribution < 1.29 is 28.6 Å². The zero-order chi connectivity index (χ0) is 23.4. The number of amides is 1. The van der Waals surface area contributed by atoms with Gasteiger partial charge in [-0.05, 0) is 57.2 Å². The number of carbonyl (C=O) groups excluding carboxylic acids is 1. The van der Waals surface area contributed by atoms with Crippen molar-refractivity contribution >= 4 is 11.9 Å². The Labute approximate surface area is 193 Å². The fraction of sp³-hybridized carbons (Fsp3) is 0.560. The lowest BCUT2D eigenvalue weighted by Crippen LogP contribution is -2.54. The molecule has 8 heteroatoms. The van der Waals surface area contributed by atoms with Crippen LogP contribution in [0.5, 0.6) is 5.75 Å². The molecule has 1 amide bonds. The van der Waals surface area contributed by atoms with E-state index < -0.39 is 11.5 Å². The minimum atomic E-state index is -1.10. The van der Waals surface area contributed by atoms with Crippen LogP contribution in [-0.4, -0.2) is 40.7 Å². The van der Waals surface area contributed by atoms with Gasteiger partial charge in [-0.2, -0.15) is 0 Å². The van der Waals surface area contributed by atoms with Crippen molar-refractivity contribution in [1.82, 2.24) is 10.3 Å². The average molecular weight is 457 g/mol. The van der Waals surface area contributed by atoms with Crippen LogP contribution in [0.25, 0.3) is 11.5 Å². The van der Waals surface area contributed by atoms with E-state index in [1.54, 1.807) is 7.11 Å². The fourth-order valence-electron chi connectivity index (χ4n) is 4.88. The highest BCUT2D eigenvalue weighted by Gasteiger charge is 2.44. The molecule has 2 aliphatic rings. The van der Waals surface area contributed by atoms with Gasteiger partial charge in [0.2, 0.25) is 11.8 Å². The van der Waals surface area contributed by atoms with Gasteiger partial charge in [0.05, 0.1) is 19.8 Å². The first-order valence-corrected chi connectivity index (χ1v) is 11.7. The molecule has 1 aromatic carbocycles. The van der Waals surface area contributed by atoms with Crippen molar-refractivity contribution in [2.45, 2.75) is 76.5 Å². The normalized spacial score (nSPS) is 22.1. The fourth-order valence-corrected chi connectivity index (χ4v) is 4.88. The summed E-state index contributed by atoms with van der Waals surface area (Å²) < 4.78 is 17.2. The lowest BCUT2D eigenvalue weighted by atomic mass is 9.85. The number of ether oxygens (including phenoxy) is 2. The molecular weight excluding hydrogens is 424 g/mol. The maximum Gasteiger partial charge on any atom is 0.329 e. The molecule has 2 aliphatic carbocycles. The number of hydrogen-bond donors (Lipinski definition) is 2. The number of hydrogen-bond acceptors (Lipinski definition) is 6. The van der Waals surface area contributed by atoms with Gasteiger partial charge < -0.3 is 24.3 Å². The molecule has 0 radical (unpaired) electrons. The summed E-state index contributed by atoms with van der Waals surface area (Å²) >= 11 is 0. The lowest BCUT2D eigenvalue weighted by Gasteiger charge is -2.32. The summed E-state index contributed by atoms with van der Waals surface area (Å²) in [5.74, 6) is 0.626. The molecule has 0 saturated heterocycles. The molecule has 33 heavy (non-hydrogen) atoms. The number of methoxy groups -OCH3 is 1. The first kappa shape index (κ1) is 23.3. The van der Waals surface area contributed by atoms with Gasteiger partial charge in [-0.25, -0.2) is 9.78 Å². The molecule has 0 bridgehead atoms. The number of aromatic nitrogens is 1. The number of rotatable bonds is 8. The Morgan fingerprint density at radius 2 is 2.03 bits per heavy atom. The second-order valence-electron chi connectivity index (χ2n) is 9.13. The molecule has 0 spiro atoms. The summed E-state index contributed by atoms with van der Waals surface area (Å²) in [7, 11) is 1.62. The van der Waals surface area contributed by atoms with E-state index in [0.29, 0.717) is 37.5 Å². The molecule has 4 rings (SSSR count). The third-order valence-electron chi connectivity index (χ3n) is 6.89. The van der Waals surface area contributed by atoms with Crippen LogP contribution < -0.4 is 10.1 Å². The van der Waals surface area contributed by atoms with E-state index in [9.17, 15) is 14.7 Å². The van der Waals surface area contributed by atoms with Crippen molar-refractivity contribution in [2.75, 3.05) is 7.11 Å². The monoisotopic (exact) mass is 456 g/mol. The Morgan fingerprint density at radius 3 is 2.76 bits per heavy atom. The maximum absolute atomic E-state index is 12.9. The van der Waals surface area contributed by atoms with E-state index >= 15 is 0 Å². The van der Waals surface area contributed by atoms with Crippen molar-refractivity contribution in [1.29, 1.82) is 0 Å². The molecule has 2 N–H and O–H groups in total. The SMILES string of the molecule is COc1cccc(-c2nc(COC3CCCC(C(=O)NC4(C(=O)O)CCCC4)C3)c(C)o2)c1. The van der Waals surface area contributed by atoms with Gasteiger partial charge >= 0.3 is 5.97 Å². The first-order chi connectivity index (χ1) is 15.9. The Kier molecular flexibility index (Phi) is 7.02. The van der Waals surface area contributed by atoms with Gasteiger partial charge in [0.25, 0.3) is 0 Å². The number of carboxylic acid groups (broad SMARTS) is 1. The molecule has 2 saturated carbocycles. The first-order valence-electron chi connectivity index (χ1n) is 11.7. The topological polar surface area (TPSA) is 111 Å². The van der Waals surface area contributed by atoms with Crippen LogP contribution in [0.3, 0.4) is 0 Å². The van der Waals surface area contributed by atoms with E-state index in [4.69, 9.17) is 13.9 Å².